The predicted molar refractivity (Wildman–Crippen MR) is 89.4 cm³/mol. The van der Waals surface area contributed by atoms with Crippen molar-refractivity contribution in [2.24, 2.45) is 5.41 Å². The Hall–Kier alpha value is 0.0900. The topological polar surface area (TPSA) is 32.3 Å². The number of likely N-dealkylation sites (tertiary alicyclic amines) is 1. The van der Waals surface area contributed by atoms with Crippen molar-refractivity contribution in [3.05, 3.63) is 19.2 Å². The minimum Gasteiger partial charge on any atom is -0.337 e. The highest BCUT2D eigenvalue weighted by Crippen LogP contribution is 2.38. The first-order valence-corrected chi connectivity index (χ1v) is 9.45. The van der Waals surface area contributed by atoms with Crippen LogP contribution in [0.5, 0.6) is 0 Å². The highest BCUT2D eigenvalue weighted by molar-refractivity contribution is 9.13. The van der Waals surface area contributed by atoms with Crippen LogP contribution in [0.1, 0.15) is 35.4 Å². The molecule has 1 atom stereocenters. The summed E-state index contributed by atoms with van der Waals surface area (Å²) in [5.74, 6) is 0.186. The van der Waals surface area contributed by atoms with E-state index in [1.807, 2.05) is 6.07 Å². The summed E-state index contributed by atoms with van der Waals surface area (Å²) >= 11 is 8.44. The summed E-state index contributed by atoms with van der Waals surface area (Å²) in [4.78, 5) is 15.5. The summed E-state index contributed by atoms with van der Waals surface area (Å²) in [6.45, 7) is 3.99. The van der Waals surface area contributed by atoms with Crippen molar-refractivity contribution < 1.29 is 4.79 Å². The second-order valence-corrected chi connectivity index (χ2v) is 9.07. The van der Waals surface area contributed by atoms with Gasteiger partial charge < -0.3 is 10.2 Å². The lowest BCUT2D eigenvalue weighted by Crippen LogP contribution is -2.52. The Bertz CT molecular complexity index is 486. The lowest BCUT2D eigenvalue weighted by molar-refractivity contribution is 0.0438. The van der Waals surface area contributed by atoms with Gasteiger partial charge in [0.05, 0.1) is 8.66 Å². The smallest absolute Gasteiger partial charge is 0.264 e. The third-order valence-corrected chi connectivity index (χ3v) is 7.61. The molecule has 2 aliphatic rings. The fourth-order valence-electron chi connectivity index (χ4n) is 3.37. The van der Waals surface area contributed by atoms with Gasteiger partial charge in [0.25, 0.3) is 5.91 Å². The van der Waals surface area contributed by atoms with Crippen molar-refractivity contribution >= 4 is 49.1 Å². The average molecular weight is 422 g/mol. The summed E-state index contributed by atoms with van der Waals surface area (Å²) in [5.41, 5.74) is 0.317. The summed E-state index contributed by atoms with van der Waals surface area (Å²) < 4.78 is 1.96. The van der Waals surface area contributed by atoms with Crippen molar-refractivity contribution in [2.75, 3.05) is 26.2 Å². The fraction of sp³-hybridized carbons (Fsp3) is 0.643. The van der Waals surface area contributed by atoms with Crippen LogP contribution in [0.4, 0.5) is 0 Å². The molecule has 1 amide bonds. The standard InChI is InChI=1S/C14H18Br2N2OS/c15-10-7-11(20-12(10)16)13(19)18-6-2-4-14(9-18)3-1-5-17-8-14/h7,17H,1-6,8-9H2. The average Bonchev–Trinajstić information content (AvgIpc) is 2.79. The molecule has 2 fully saturated rings. The van der Waals surface area contributed by atoms with Crippen LogP contribution in [-0.2, 0) is 0 Å². The van der Waals surface area contributed by atoms with E-state index in [9.17, 15) is 4.79 Å². The lowest BCUT2D eigenvalue weighted by atomic mass is 9.74. The second kappa shape index (κ2) is 6.07. The molecule has 0 bridgehead atoms. The lowest BCUT2D eigenvalue weighted by Gasteiger charge is -2.45. The second-order valence-electron chi connectivity index (χ2n) is 5.84. The molecule has 3 nitrogen and oxygen atoms in total. The molecule has 3 heterocycles. The van der Waals surface area contributed by atoms with E-state index in [1.165, 1.54) is 30.6 Å². The van der Waals surface area contributed by atoms with Gasteiger partial charge in [0.15, 0.2) is 0 Å². The Morgan fingerprint density at radius 3 is 2.80 bits per heavy atom. The van der Waals surface area contributed by atoms with Gasteiger partial charge in [-0.25, -0.2) is 0 Å². The van der Waals surface area contributed by atoms with Crippen molar-refractivity contribution in [1.82, 2.24) is 10.2 Å². The molecule has 0 radical (unpaired) electrons. The number of thiophene rings is 1. The first kappa shape index (κ1) is 15.0. The van der Waals surface area contributed by atoms with E-state index in [2.05, 4.69) is 42.1 Å². The van der Waals surface area contributed by atoms with Crippen molar-refractivity contribution in [3.63, 3.8) is 0 Å². The van der Waals surface area contributed by atoms with E-state index in [4.69, 9.17) is 0 Å². The van der Waals surface area contributed by atoms with Gasteiger partial charge in [-0.15, -0.1) is 11.3 Å². The van der Waals surface area contributed by atoms with Crippen molar-refractivity contribution in [3.8, 4) is 0 Å². The number of halogens is 2. The third-order valence-electron chi connectivity index (χ3n) is 4.37. The number of carbonyl (C=O) groups is 1. The van der Waals surface area contributed by atoms with E-state index >= 15 is 0 Å². The van der Waals surface area contributed by atoms with Crippen LogP contribution in [-0.4, -0.2) is 37.0 Å². The molecule has 1 spiro atoms. The van der Waals surface area contributed by atoms with Crippen LogP contribution in [0, 0.1) is 5.41 Å². The van der Waals surface area contributed by atoms with E-state index in [1.54, 1.807) is 0 Å². The quantitative estimate of drug-likeness (QED) is 0.746. The number of nitrogens with one attached hydrogen (secondary N) is 1. The van der Waals surface area contributed by atoms with Crippen LogP contribution in [0.3, 0.4) is 0 Å². The molecule has 1 aromatic rings. The zero-order valence-electron chi connectivity index (χ0n) is 11.3. The SMILES string of the molecule is O=C(c1cc(Br)c(Br)s1)N1CCCC2(CCCNC2)C1. The number of carbonyl (C=O) groups excluding carboxylic acids is 1. The van der Waals surface area contributed by atoms with Crippen molar-refractivity contribution in [2.45, 2.75) is 25.7 Å². The Balaban J connectivity index is 1.74. The molecule has 1 N–H and O–H groups in total. The summed E-state index contributed by atoms with van der Waals surface area (Å²) in [7, 11) is 0. The van der Waals surface area contributed by atoms with E-state index in [-0.39, 0.29) is 5.91 Å². The van der Waals surface area contributed by atoms with Crippen LogP contribution in [0.15, 0.2) is 14.3 Å². The molecule has 1 unspecified atom stereocenters. The molecule has 0 saturated carbocycles. The molecule has 0 aliphatic carbocycles. The zero-order chi connectivity index (χ0) is 14.2. The van der Waals surface area contributed by atoms with Gasteiger partial charge in [-0.05, 0) is 70.2 Å². The maximum Gasteiger partial charge on any atom is 0.264 e. The Kier molecular flexibility index (Phi) is 4.55. The van der Waals surface area contributed by atoms with Gasteiger partial charge >= 0.3 is 0 Å². The molecular weight excluding hydrogens is 404 g/mol. The van der Waals surface area contributed by atoms with Gasteiger partial charge in [0, 0.05) is 29.5 Å². The molecule has 2 aliphatic heterocycles. The number of piperidine rings is 2. The molecule has 6 heteroatoms. The third kappa shape index (κ3) is 2.98. The molecule has 1 aromatic heterocycles. The first-order valence-electron chi connectivity index (χ1n) is 7.05. The van der Waals surface area contributed by atoms with Gasteiger partial charge in [0.1, 0.15) is 0 Å². The molecule has 110 valence electrons. The minimum atomic E-state index is 0.186. The zero-order valence-corrected chi connectivity index (χ0v) is 15.2. The number of rotatable bonds is 1. The summed E-state index contributed by atoms with van der Waals surface area (Å²) in [6, 6.07) is 1.93. The van der Waals surface area contributed by atoms with Crippen LogP contribution >= 0.6 is 43.2 Å². The number of hydrogen-bond donors (Lipinski definition) is 1. The normalized spacial score (nSPS) is 27.0. The van der Waals surface area contributed by atoms with Crippen molar-refractivity contribution in [1.29, 1.82) is 0 Å². The molecule has 3 rings (SSSR count). The molecule has 0 aromatic carbocycles. The van der Waals surface area contributed by atoms with E-state index in [0.717, 1.165) is 45.7 Å². The minimum absolute atomic E-state index is 0.186. The van der Waals surface area contributed by atoms with Crippen LogP contribution in [0.2, 0.25) is 0 Å². The predicted octanol–water partition coefficient (Wildman–Crippen LogP) is 3.88. The highest BCUT2D eigenvalue weighted by Gasteiger charge is 2.38. The molecule has 20 heavy (non-hydrogen) atoms. The van der Waals surface area contributed by atoms with Gasteiger partial charge in [0.2, 0.25) is 0 Å². The maximum atomic E-state index is 12.7. The molecular formula is C14H18Br2N2OS. The largest absolute Gasteiger partial charge is 0.337 e. The van der Waals surface area contributed by atoms with Crippen LogP contribution < -0.4 is 5.32 Å². The summed E-state index contributed by atoms with van der Waals surface area (Å²) in [6.07, 6.45) is 4.86. The fourth-order valence-corrected chi connectivity index (χ4v) is 5.37. The Morgan fingerprint density at radius 1 is 1.35 bits per heavy atom. The highest BCUT2D eigenvalue weighted by atomic mass is 79.9. The Labute approximate surface area is 140 Å². The molecule has 2 saturated heterocycles. The van der Waals surface area contributed by atoms with Crippen LogP contribution in [0.25, 0.3) is 0 Å². The number of hydrogen-bond acceptors (Lipinski definition) is 3. The number of nitrogens with zero attached hydrogens (tertiary/aromatic N) is 1. The van der Waals surface area contributed by atoms with Gasteiger partial charge in [-0.1, -0.05) is 0 Å². The van der Waals surface area contributed by atoms with E-state index < -0.39 is 0 Å². The number of amides is 1. The van der Waals surface area contributed by atoms with Gasteiger partial charge in [-0.2, -0.15) is 0 Å². The first-order chi connectivity index (χ1) is 9.60. The monoisotopic (exact) mass is 420 g/mol. The van der Waals surface area contributed by atoms with E-state index in [0.29, 0.717) is 5.41 Å². The Morgan fingerprint density at radius 2 is 2.15 bits per heavy atom. The maximum absolute atomic E-state index is 12.7. The van der Waals surface area contributed by atoms with Gasteiger partial charge in [-0.3, -0.25) is 4.79 Å². The summed E-state index contributed by atoms with van der Waals surface area (Å²) in [5, 5.41) is 3.51.